The van der Waals surface area contributed by atoms with E-state index in [4.69, 9.17) is 11.6 Å². The number of amides is 1. The third-order valence-corrected chi connectivity index (χ3v) is 1.92. The maximum absolute atomic E-state index is 11.3. The summed E-state index contributed by atoms with van der Waals surface area (Å²) in [5, 5.41) is 2.85. The van der Waals surface area contributed by atoms with E-state index in [1.165, 1.54) is 6.07 Å². The fourth-order valence-corrected chi connectivity index (χ4v) is 1.19. The van der Waals surface area contributed by atoms with Crippen molar-refractivity contribution in [2.45, 2.75) is 0 Å². The summed E-state index contributed by atoms with van der Waals surface area (Å²) >= 11 is 5.78. The van der Waals surface area contributed by atoms with Gasteiger partial charge < -0.3 is 10.2 Å². The summed E-state index contributed by atoms with van der Waals surface area (Å²) < 4.78 is 0. The van der Waals surface area contributed by atoms with Crippen molar-refractivity contribution in [1.82, 2.24) is 10.3 Å². The maximum Gasteiger partial charge on any atom is 0.251 e. The molecular weight excluding hydrogens is 202 g/mol. The highest BCUT2D eigenvalue weighted by Gasteiger charge is 2.08. The van der Waals surface area contributed by atoms with Gasteiger partial charge in [-0.1, -0.05) is 11.6 Å². The maximum atomic E-state index is 11.3. The van der Waals surface area contributed by atoms with Crippen molar-refractivity contribution in [3.63, 3.8) is 0 Å². The number of carbonyl (C=O) groups is 1. The number of hydrogen-bond donors (Lipinski definition) is 1. The SMILES string of the molecule is CNC(=O)c1cc(Cl)nc(N(C)C)c1. The van der Waals surface area contributed by atoms with Crippen LogP contribution in [-0.4, -0.2) is 32.0 Å². The Morgan fingerprint density at radius 2 is 2.14 bits per heavy atom. The first kappa shape index (κ1) is 10.8. The van der Waals surface area contributed by atoms with Crippen LogP contribution in [-0.2, 0) is 0 Å². The van der Waals surface area contributed by atoms with Gasteiger partial charge in [0.15, 0.2) is 0 Å². The highest BCUT2D eigenvalue weighted by Crippen LogP contribution is 2.16. The highest BCUT2D eigenvalue weighted by atomic mass is 35.5. The summed E-state index contributed by atoms with van der Waals surface area (Å²) in [5.74, 6) is 0.494. The molecule has 0 saturated heterocycles. The largest absolute Gasteiger partial charge is 0.363 e. The molecule has 14 heavy (non-hydrogen) atoms. The molecule has 0 atom stereocenters. The van der Waals surface area contributed by atoms with Gasteiger partial charge in [-0.15, -0.1) is 0 Å². The number of hydrogen-bond acceptors (Lipinski definition) is 3. The molecular formula is C9H12ClN3O. The van der Waals surface area contributed by atoms with Gasteiger partial charge in [-0.25, -0.2) is 4.98 Å². The van der Waals surface area contributed by atoms with Crippen molar-refractivity contribution < 1.29 is 4.79 Å². The van der Waals surface area contributed by atoms with Crippen LogP contribution in [0.5, 0.6) is 0 Å². The molecule has 1 rings (SSSR count). The molecule has 0 spiro atoms. The minimum atomic E-state index is -0.169. The number of rotatable bonds is 2. The smallest absolute Gasteiger partial charge is 0.251 e. The van der Waals surface area contributed by atoms with Gasteiger partial charge in [0, 0.05) is 26.7 Å². The van der Waals surface area contributed by atoms with E-state index in [1.54, 1.807) is 18.0 Å². The van der Waals surface area contributed by atoms with Crippen molar-refractivity contribution in [2.75, 3.05) is 26.0 Å². The molecule has 1 amide bonds. The molecule has 0 radical (unpaired) electrons. The van der Waals surface area contributed by atoms with Crippen molar-refractivity contribution in [2.24, 2.45) is 0 Å². The summed E-state index contributed by atoms with van der Waals surface area (Å²) in [5.41, 5.74) is 0.510. The molecule has 76 valence electrons. The number of pyridine rings is 1. The zero-order valence-electron chi connectivity index (χ0n) is 8.34. The van der Waals surface area contributed by atoms with Crippen LogP contribution in [0, 0.1) is 0 Å². The fraction of sp³-hybridized carbons (Fsp3) is 0.333. The average molecular weight is 214 g/mol. The summed E-state index contributed by atoms with van der Waals surface area (Å²) in [6.45, 7) is 0. The molecule has 1 aromatic rings. The Bertz CT molecular complexity index is 352. The van der Waals surface area contributed by atoms with E-state index in [0.717, 1.165) is 0 Å². The van der Waals surface area contributed by atoms with E-state index in [-0.39, 0.29) is 5.91 Å². The number of nitrogens with one attached hydrogen (secondary N) is 1. The van der Waals surface area contributed by atoms with E-state index >= 15 is 0 Å². The third kappa shape index (κ3) is 2.35. The molecule has 5 heteroatoms. The molecule has 1 aromatic heterocycles. The number of anilines is 1. The van der Waals surface area contributed by atoms with Gasteiger partial charge in [0.05, 0.1) is 0 Å². The van der Waals surface area contributed by atoms with Crippen LogP contribution >= 0.6 is 11.6 Å². The van der Waals surface area contributed by atoms with E-state index in [2.05, 4.69) is 10.3 Å². The number of halogens is 1. The highest BCUT2D eigenvalue weighted by molar-refractivity contribution is 6.29. The van der Waals surface area contributed by atoms with Gasteiger partial charge in [-0.05, 0) is 12.1 Å². The van der Waals surface area contributed by atoms with Gasteiger partial charge in [-0.2, -0.15) is 0 Å². The van der Waals surface area contributed by atoms with E-state index < -0.39 is 0 Å². The number of carbonyl (C=O) groups excluding carboxylic acids is 1. The molecule has 0 unspecified atom stereocenters. The minimum Gasteiger partial charge on any atom is -0.363 e. The molecule has 0 saturated carbocycles. The minimum absolute atomic E-state index is 0.169. The van der Waals surface area contributed by atoms with Crippen molar-refractivity contribution in [3.05, 3.63) is 22.8 Å². The van der Waals surface area contributed by atoms with Crippen molar-refractivity contribution in [1.29, 1.82) is 0 Å². The molecule has 1 heterocycles. The van der Waals surface area contributed by atoms with Gasteiger partial charge >= 0.3 is 0 Å². The lowest BCUT2D eigenvalue weighted by atomic mass is 10.2. The molecule has 1 N–H and O–H groups in total. The first-order chi connectivity index (χ1) is 6.54. The predicted octanol–water partition coefficient (Wildman–Crippen LogP) is 1.16. The summed E-state index contributed by atoms with van der Waals surface area (Å²) in [4.78, 5) is 17.2. The second-order valence-electron chi connectivity index (χ2n) is 3.01. The zero-order valence-corrected chi connectivity index (χ0v) is 9.09. The fourth-order valence-electron chi connectivity index (χ4n) is 0.988. The van der Waals surface area contributed by atoms with Crippen LogP contribution in [0.15, 0.2) is 12.1 Å². The predicted molar refractivity (Wildman–Crippen MR) is 57.0 cm³/mol. The molecule has 0 fully saturated rings. The quantitative estimate of drug-likeness (QED) is 0.750. The Balaban J connectivity index is 3.13. The van der Waals surface area contributed by atoms with Crippen LogP contribution in [0.25, 0.3) is 0 Å². The van der Waals surface area contributed by atoms with Gasteiger partial charge in [0.1, 0.15) is 11.0 Å². The summed E-state index contributed by atoms with van der Waals surface area (Å²) in [7, 11) is 5.25. The van der Waals surface area contributed by atoms with E-state index in [9.17, 15) is 4.79 Å². The third-order valence-electron chi connectivity index (χ3n) is 1.73. The average Bonchev–Trinajstić information content (AvgIpc) is 2.15. The van der Waals surface area contributed by atoms with E-state index in [0.29, 0.717) is 16.5 Å². The Kier molecular flexibility index (Phi) is 3.30. The van der Waals surface area contributed by atoms with E-state index in [1.807, 2.05) is 14.1 Å². The Morgan fingerprint density at radius 3 is 2.64 bits per heavy atom. The van der Waals surface area contributed by atoms with Crippen molar-refractivity contribution in [3.8, 4) is 0 Å². The van der Waals surface area contributed by atoms with Crippen LogP contribution in [0.4, 0.5) is 5.82 Å². The van der Waals surface area contributed by atoms with Crippen LogP contribution in [0.1, 0.15) is 10.4 Å². The molecule has 0 aliphatic rings. The number of nitrogens with zero attached hydrogens (tertiary/aromatic N) is 2. The zero-order chi connectivity index (χ0) is 10.7. The molecule has 0 aromatic carbocycles. The molecule has 0 aliphatic carbocycles. The second kappa shape index (κ2) is 4.28. The first-order valence-corrected chi connectivity index (χ1v) is 4.49. The lowest BCUT2D eigenvalue weighted by Gasteiger charge is -2.12. The van der Waals surface area contributed by atoms with Gasteiger partial charge in [0.25, 0.3) is 5.91 Å². The topological polar surface area (TPSA) is 45.2 Å². The Morgan fingerprint density at radius 1 is 1.50 bits per heavy atom. The number of aromatic nitrogens is 1. The standard InChI is InChI=1S/C9H12ClN3O/c1-11-9(14)6-4-7(10)12-8(5-6)13(2)3/h4-5H,1-3H3,(H,11,14). The molecule has 4 nitrogen and oxygen atoms in total. The second-order valence-corrected chi connectivity index (χ2v) is 3.40. The Hall–Kier alpha value is -1.29. The molecule has 0 bridgehead atoms. The van der Waals surface area contributed by atoms with Crippen LogP contribution < -0.4 is 10.2 Å². The molecule has 0 aliphatic heterocycles. The normalized spacial score (nSPS) is 9.71. The van der Waals surface area contributed by atoms with Gasteiger partial charge in [-0.3, -0.25) is 4.79 Å². The van der Waals surface area contributed by atoms with Crippen molar-refractivity contribution >= 4 is 23.3 Å². The lowest BCUT2D eigenvalue weighted by Crippen LogP contribution is -2.19. The summed E-state index contributed by atoms with van der Waals surface area (Å²) in [6.07, 6.45) is 0. The Labute approximate surface area is 87.9 Å². The summed E-state index contributed by atoms with van der Waals surface area (Å²) in [6, 6.07) is 3.22. The van der Waals surface area contributed by atoms with Crippen LogP contribution in [0.3, 0.4) is 0 Å². The monoisotopic (exact) mass is 213 g/mol. The van der Waals surface area contributed by atoms with Gasteiger partial charge in [0.2, 0.25) is 0 Å². The first-order valence-electron chi connectivity index (χ1n) is 4.11. The van der Waals surface area contributed by atoms with Crippen LogP contribution in [0.2, 0.25) is 5.15 Å². The lowest BCUT2D eigenvalue weighted by molar-refractivity contribution is 0.0963.